The van der Waals surface area contributed by atoms with Crippen LogP contribution >= 0.6 is 11.8 Å². The van der Waals surface area contributed by atoms with Gasteiger partial charge in [0.15, 0.2) is 9.84 Å². The minimum Gasteiger partial charge on any atom is -0.497 e. The minimum absolute atomic E-state index is 0.0104. The third-order valence-electron chi connectivity index (χ3n) is 7.19. The molecule has 2 N–H and O–H groups in total. The molecule has 3 aliphatic heterocycles. The summed E-state index contributed by atoms with van der Waals surface area (Å²) >= 11 is 1.34. The largest absolute Gasteiger partial charge is 0.497 e. The molecule has 200 valence electrons. The Labute approximate surface area is 225 Å². The van der Waals surface area contributed by atoms with Crippen molar-refractivity contribution in [2.24, 2.45) is 0 Å². The maximum Gasteiger partial charge on any atom is 0.352 e. The Morgan fingerprint density at radius 3 is 2.42 bits per heavy atom. The van der Waals surface area contributed by atoms with E-state index in [0.717, 1.165) is 16.0 Å². The smallest absolute Gasteiger partial charge is 0.352 e. The fraction of sp³-hybridized carbons (Fsp3) is 0.370. The molecule has 3 aliphatic rings. The summed E-state index contributed by atoms with van der Waals surface area (Å²) in [4.78, 5) is 39.6. The summed E-state index contributed by atoms with van der Waals surface area (Å²) in [6.07, 6.45) is 1.22. The van der Waals surface area contributed by atoms with Crippen LogP contribution in [0.15, 0.2) is 65.9 Å². The number of carboxylic acids is 1. The number of hydrogen-bond acceptors (Lipinski definition) is 7. The molecule has 2 saturated heterocycles. The number of carbonyl (C=O) groups excluding carboxylic acids is 2. The fourth-order valence-electron chi connectivity index (χ4n) is 5.37. The number of amides is 2. The summed E-state index contributed by atoms with van der Waals surface area (Å²) < 4.78 is 31.2. The number of ether oxygens (including phenoxy) is 1. The minimum atomic E-state index is -3.55. The Morgan fingerprint density at radius 2 is 1.82 bits per heavy atom. The number of nitrogens with zero attached hydrogens (tertiary/aromatic N) is 1. The van der Waals surface area contributed by atoms with E-state index in [-0.39, 0.29) is 29.4 Å². The molecule has 2 amide bonds. The van der Waals surface area contributed by atoms with E-state index in [1.54, 1.807) is 19.2 Å². The van der Waals surface area contributed by atoms with Crippen molar-refractivity contribution in [2.45, 2.75) is 47.6 Å². The number of carboxylic acid groups (broad SMARTS) is 1. The first-order chi connectivity index (χ1) is 18.2. The molecule has 0 aliphatic carbocycles. The van der Waals surface area contributed by atoms with Crippen molar-refractivity contribution < 1.29 is 32.6 Å². The second-order valence-electron chi connectivity index (χ2n) is 9.59. The quantitative estimate of drug-likeness (QED) is 0.473. The highest BCUT2D eigenvalue weighted by Crippen LogP contribution is 2.48. The van der Waals surface area contributed by atoms with Crippen molar-refractivity contribution >= 4 is 39.4 Å². The molecule has 2 unspecified atom stereocenters. The zero-order chi connectivity index (χ0) is 27.0. The number of β-lactam (4-membered cyclic amide) rings is 1. The van der Waals surface area contributed by atoms with Crippen LogP contribution in [0.4, 0.5) is 0 Å². The van der Waals surface area contributed by atoms with Crippen molar-refractivity contribution in [3.05, 3.63) is 77.0 Å². The van der Waals surface area contributed by atoms with Crippen molar-refractivity contribution in [1.82, 2.24) is 10.2 Å². The number of fused-ring (bicyclic) bond motifs is 1. The Bertz CT molecular complexity index is 1390. The van der Waals surface area contributed by atoms with Gasteiger partial charge in [0.25, 0.3) is 5.91 Å². The van der Waals surface area contributed by atoms with Crippen molar-refractivity contribution in [3.63, 3.8) is 0 Å². The average molecular weight is 557 g/mol. The molecule has 3 heterocycles. The summed E-state index contributed by atoms with van der Waals surface area (Å²) in [5, 5.41) is 10.9. The molecule has 9 nitrogen and oxygen atoms in total. The number of carbonyl (C=O) groups is 3. The summed E-state index contributed by atoms with van der Waals surface area (Å²) in [6.45, 7) is 0. The van der Waals surface area contributed by atoms with Gasteiger partial charge in [-0.25, -0.2) is 13.2 Å². The number of thioether (sulfide) groups is 1. The van der Waals surface area contributed by atoms with Crippen LogP contribution in [0.3, 0.4) is 0 Å². The van der Waals surface area contributed by atoms with Crippen LogP contribution < -0.4 is 10.1 Å². The maximum absolute atomic E-state index is 13.2. The van der Waals surface area contributed by atoms with Gasteiger partial charge in [-0.2, -0.15) is 0 Å². The topological polar surface area (TPSA) is 130 Å². The van der Waals surface area contributed by atoms with Crippen LogP contribution in [0, 0.1) is 0 Å². The molecule has 5 rings (SSSR count). The van der Waals surface area contributed by atoms with Gasteiger partial charge < -0.3 is 15.2 Å². The van der Waals surface area contributed by atoms with E-state index in [9.17, 15) is 27.9 Å². The lowest BCUT2D eigenvalue weighted by Gasteiger charge is -2.52. The Hall–Kier alpha value is -3.31. The van der Waals surface area contributed by atoms with Crippen molar-refractivity contribution in [3.8, 4) is 5.75 Å². The average Bonchev–Trinajstić information content (AvgIpc) is 3.25. The van der Waals surface area contributed by atoms with Gasteiger partial charge in [0.1, 0.15) is 22.9 Å². The van der Waals surface area contributed by atoms with Gasteiger partial charge in [0, 0.05) is 5.25 Å². The summed E-state index contributed by atoms with van der Waals surface area (Å²) in [6, 6.07) is 15.5. The molecule has 2 aromatic rings. The van der Waals surface area contributed by atoms with Crippen molar-refractivity contribution in [1.29, 1.82) is 0 Å². The number of aliphatic carboxylic acids is 1. The second-order valence-corrected chi connectivity index (χ2v) is 13.2. The molecule has 0 spiro atoms. The lowest BCUT2D eigenvalue weighted by molar-refractivity contribution is -0.150. The molecule has 38 heavy (non-hydrogen) atoms. The van der Waals surface area contributed by atoms with E-state index >= 15 is 0 Å². The van der Waals surface area contributed by atoms with Crippen LogP contribution in [0.5, 0.6) is 5.75 Å². The number of sulfone groups is 1. The molecule has 0 saturated carbocycles. The highest BCUT2D eigenvalue weighted by Gasteiger charge is 2.58. The highest BCUT2D eigenvalue weighted by atomic mass is 32.2. The van der Waals surface area contributed by atoms with Gasteiger partial charge in [-0.15, -0.1) is 11.8 Å². The molecular weight excluding hydrogens is 528 g/mol. The Kier molecular flexibility index (Phi) is 7.23. The number of rotatable bonds is 8. The van der Waals surface area contributed by atoms with Gasteiger partial charge in [-0.05, 0) is 48.1 Å². The van der Waals surface area contributed by atoms with Crippen LogP contribution in [-0.2, 0) is 37.1 Å². The molecule has 0 radical (unpaired) electrons. The fourth-order valence-corrected chi connectivity index (χ4v) is 9.22. The SMILES string of the molecule is COc1ccc(CC2S[C@@H]3[C@H](NC(=O)Cc4ccccc4)C(=O)N3C(C(=O)O)=C2C2CCCS2(=O)=O)cc1. The lowest BCUT2D eigenvalue weighted by Crippen LogP contribution is -2.71. The van der Waals surface area contributed by atoms with E-state index in [4.69, 9.17) is 4.74 Å². The molecule has 11 heteroatoms. The molecule has 4 atom stereocenters. The van der Waals surface area contributed by atoms with Gasteiger partial charge in [0.2, 0.25) is 5.91 Å². The normalized spacial score (nSPS) is 25.9. The van der Waals surface area contributed by atoms with E-state index in [2.05, 4.69) is 5.32 Å². The zero-order valence-electron chi connectivity index (χ0n) is 20.7. The van der Waals surface area contributed by atoms with Gasteiger partial charge in [0.05, 0.1) is 24.5 Å². The molecule has 0 bridgehead atoms. The van der Waals surface area contributed by atoms with Crippen LogP contribution in [-0.4, -0.2) is 71.0 Å². The molecule has 2 fully saturated rings. The number of hydrogen-bond donors (Lipinski definition) is 2. The predicted molar refractivity (Wildman–Crippen MR) is 142 cm³/mol. The monoisotopic (exact) mass is 556 g/mol. The van der Waals surface area contributed by atoms with Crippen LogP contribution in [0.25, 0.3) is 0 Å². The lowest BCUT2D eigenvalue weighted by atomic mass is 9.93. The van der Waals surface area contributed by atoms with E-state index in [1.165, 1.54) is 11.8 Å². The van der Waals surface area contributed by atoms with Gasteiger partial charge in [-0.3, -0.25) is 14.5 Å². The Morgan fingerprint density at radius 1 is 1.11 bits per heavy atom. The van der Waals surface area contributed by atoms with E-state index in [0.29, 0.717) is 25.0 Å². The summed E-state index contributed by atoms with van der Waals surface area (Å²) in [5.41, 5.74) is 1.68. The predicted octanol–water partition coefficient (Wildman–Crippen LogP) is 2.16. The summed E-state index contributed by atoms with van der Waals surface area (Å²) in [7, 11) is -1.99. The maximum atomic E-state index is 13.2. The van der Waals surface area contributed by atoms with Crippen LogP contribution in [0.1, 0.15) is 24.0 Å². The first-order valence-electron chi connectivity index (χ1n) is 12.3. The third kappa shape index (κ3) is 4.92. The van der Waals surface area contributed by atoms with E-state index < -0.39 is 43.6 Å². The number of benzene rings is 2. The third-order valence-corrected chi connectivity index (χ3v) is 10.9. The molecule has 0 aromatic heterocycles. The molecular formula is C27H28N2O7S2. The first kappa shape index (κ1) is 26.3. The number of nitrogens with one attached hydrogen (secondary N) is 1. The standard InChI is InChI=1S/C27H28N2O7S2/c1-36-18-11-9-17(10-12-18)14-19-22(20-8-5-13-38(20,34)35)24(27(32)33)29-25(31)23(26(29)37-19)28-21(30)15-16-6-3-2-4-7-16/h2-4,6-7,9-12,19-20,23,26H,5,8,13-15H2,1H3,(H,28,30)(H,32,33)/t19?,20?,23-,26-/m1/s1. The highest BCUT2D eigenvalue weighted by molar-refractivity contribution is 8.01. The number of methoxy groups -OCH3 is 1. The van der Waals surface area contributed by atoms with Crippen molar-refractivity contribution in [2.75, 3.05) is 12.9 Å². The zero-order valence-corrected chi connectivity index (χ0v) is 22.3. The van der Waals surface area contributed by atoms with E-state index in [1.807, 2.05) is 42.5 Å². The first-order valence-corrected chi connectivity index (χ1v) is 15.0. The van der Waals surface area contributed by atoms with Gasteiger partial charge in [-0.1, -0.05) is 42.5 Å². The second kappa shape index (κ2) is 10.5. The molecule has 2 aromatic carbocycles. The summed E-state index contributed by atoms with van der Waals surface area (Å²) in [5.74, 6) is -1.57. The van der Waals surface area contributed by atoms with Crippen LogP contribution in [0.2, 0.25) is 0 Å². The van der Waals surface area contributed by atoms with Gasteiger partial charge >= 0.3 is 5.97 Å². The Balaban J connectivity index is 1.47.